The second-order valence-electron chi connectivity index (χ2n) is 3.45. The molecule has 2 aliphatic rings. The highest BCUT2D eigenvalue weighted by Crippen LogP contribution is 2.44. The van der Waals surface area contributed by atoms with Gasteiger partial charge in [0.15, 0.2) is 0 Å². The molecule has 0 N–H and O–H groups in total. The first-order valence-corrected chi connectivity index (χ1v) is 4.08. The van der Waals surface area contributed by atoms with E-state index in [1.54, 1.807) is 0 Å². The van der Waals surface area contributed by atoms with E-state index in [1.807, 2.05) is 0 Å². The molecule has 9 heavy (non-hydrogen) atoms. The van der Waals surface area contributed by atoms with Crippen molar-refractivity contribution in [2.24, 2.45) is 17.8 Å². The van der Waals surface area contributed by atoms with Crippen molar-refractivity contribution in [3.05, 3.63) is 12.2 Å². The van der Waals surface area contributed by atoms with Gasteiger partial charge in [-0.2, -0.15) is 0 Å². The van der Waals surface area contributed by atoms with Crippen LogP contribution in [0.1, 0.15) is 26.2 Å². The number of hydrogen-bond acceptors (Lipinski definition) is 0. The van der Waals surface area contributed by atoms with Crippen molar-refractivity contribution in [2.45, 2.75) is 26.2 Å². The summed E-state index contributed by atoms with van der Waals surface area (Å²) < 4.78 is 0. The molecule has 1 saturated carbocycles. The average molecular weight is 122 g/mol. The number of hydrogen-bond donors (Lipinski definition) is 0. The molecule has 0 saturated heterocycles. The topological polar surface area (TPSA) is 0 Å². The quantitative estimate of drug-likeness (QED) is 0.469. The molecule has 1 fully saturated rings. The lowest BCUT2D eigenvalue weighted by Gasteiger charge is -2.14. The van der Waals surface area contributed by atoms with E-state index < -0.39 is 0 Å². The summed E-state index contributed by atoms with van der Waals surface area (Å²) in [6.45, 7) is 2.32. The van der Waals surface area contributed by atoms with Gasteiger partial charge in [0.1, 0.15) is 0 Å². The van der Waals surface area contributed by atoms with Crippen molar-refractivity contribution >= 4 is 0 Å². The summed E-state index contributed by atoms with van der Waals surface area (Å²) in [5.41, 5.74) is 0. The highest BCUT2D eigenvalue weighted by molar-refractivity contribution is 5.09. The van der Waals surface area contributed by atoms with Crippen LogP contribution in [0.5, 0.6) is 0 Å². The molecule has 0 heteroatoms. The van der Waals surface area contributed by atoms with Gasteiger partial charge in [0.2, 0.25) is 0 Å². The molecule has 0 nitrogen and oxygen atoms in total. The van der Waals surface area contributed by atoms with Crippen molar-refractivity contribution < 1.29 is 0 Å². The third kappa shape index (κ3) is 0.726. The summed E-state index contributed by atoms with van der Waals surface area (Å²) in [4.78, 5) is 0. The number of allylic oxidation sites excluding steroid dienone is 2. The van der Waals surface area contributed by atoms with Gasteiger partial charge < -0.3 is 0 Å². The predicted molar refractivity (Wildman–Crippen MR) is 39.1 cm³/mol. The molecule has 0 aromatic heterocycles. The normalized spacial score (nSPS) is 46.6. The Morgan fingerprint density at radius 1 is 1.33 bits per heavy atom. The first-order valence-electron chi connectivity index (χ1n) is 4.08. The molecule has 0 unspecified atom stereocenters. The van der Waals surface area contributed by atoms with Crippen LogP contribution in [0.15, 0.2) is 12.2 Å². The van der Waals surface area contributed by atoms with E-state index in [4.69, 9.17) is 0 Å². The highest BCUT2D eigenvalue weighted by Gasteiger charge is 2.33. The Kier molecular flexibility index (Phi) is 1.14. The van der Waals surface area contributed by atoms with Gasteiger partial charge in [-0.1, -0.05) is 25.5 Å². The number of fused-ring (bicyclic) bond motifs is 2. The summed E-state index contributed by atoms with van der Waals surface area (Å²) in [6, 6.07) is 0. The smallest absolute Gasteiger partial charge is 0.0199 e. The fourth-order valence-corrected chi connectivity index (χ4v) is 2.36. The summed E-state index contributed by atoms with van der Waals surface area (Å²) in [5.74, 6) is 2.99. The van der Waals surface area contributed by atoms with Crippen molar-refractivity contribution in [1.82, 2.24) is 0 Å². The van der Waals surface area contributed by atoms with Gasteiger partial charge in [0.05, 0.1) is 0 Å². The molecule has 0 spiro atoms. The van der Waals surface area contributed by atoms with Crippen LogP contribution in [0.3, 0.4) is 0 Å². The Hall–Kier alpha value is -0.260. The second kappa shape index (κ2) is 1.86. The Morgan fingerprint density at radius 3 is 2.56 bits per heavy atom. The molecular weight excluding hydrogens is 108 g/mol. The minimum absolute atomic E-state index is 0.972. The Bertz CT molecular complexity index is 135. The van der Waals surface area contributed by atoms with E-state index in [0.717, 1.165) is 17.8 Å². The maximum absolute atomic E-state index is 2.43. The van der Waals surface area contributed by atoms with E-state index in [1.165, 1.54) is 19.3 Å². The van der Waals surface area contributed by atoms with Crippen molar-refractivity contribution in [2.75, 3.05) is 0 Å². The molecule has 0 amide bonds. The summed E-state index contributed by atoms with van der Waals surface area (Å²) >= 11 is 0. The van der Waals surface area contributed by atoms with Crippen molar-refractivity contribution in [1.29, 1.82) is 0 Å². The molecule has 3 atom stereocenters. The van der Waals surface area contributed by atoms with Crippen LogP contribution in [0.2, 0.25) is 0 Å². The molecular formula is C9H14. The van der Waals surface area contributed by atoms with Gasteiger partial charge in [-0.25, -0.2) is 0 Å². The van der Waals surface area contributed by atoms with Crippen LogP contribution in [-0.2, 0) is 0 Å². The van der Waals surface area contributed by atoms with Gasteiger partial charge in [0, 0.05) is 0 Å². The zero-order valence-electron chi connectivity index (χ0n) is 6.01. The van der Waals surface area contributed by atoms with Crippen LogP contribution < -0.4 is 0 Å². The van der Waals surface area contributed by atoms with Gasteiger partial charge in [0.25, 0.3) is 0 Å². The SMILES string of the molecule is CC[C@H]1C[C@@H]2C=C[C@H]1C2. The van der Waals surface area contributed by atoms with Gasteiger partial charge in [-0.05, 0) is 30.6 Å². The fourth-order valence-electron chi connectivity index (χ4n) is 2.36. The van der Waals surface area contributed by atoms with E-state index >= 15 is 0 Å². The highest BCUT2D eigenvalue weighted by atomic mass is 14.4. The van der Waals surface area contributed by atoms with E-state index in [9.17, 15) is 0 Å². The Morgan fingerprint density at radius 2 is 2.22 bits per heavy atom. The first kappa shape index (κ1) is 5.52. The summed E-state index contributed by atoms with van der Waals surface area (Å²) in [7, 11) is 0. The van der Waals surface area contributed by atoms with Crippen LogP contribution >= 0.6 is 0 Å². The maximum Gasteiger partial charge on any atom is -0.0199 e. The van der Waals surface area contributed by atoms with Crippen LogP contribution in [-0.4, -0.2) is 0 Å². The van der Waals surface area contributed by atoms with Crippen LogP contribution in [0, 0.1) is 17.8 Å². The van der Waals surface area contributed by atoms with E-state index in [-0.39, 0.29) is 0 Å². The fraction of sp³-hybridized carbons (Fsp3) is 0.778. The number of rotatable bonds is 1. The van der Waals surface area contributed by atoms with Gasteiger partial charge >= 0.3 is 0 Å². The molecule has 0 aromatic carbocycles. The molecule has 2 aliphatic carbocycles. The van der Waals surface area contributed by atoms with Crippen LogP contribution in [0.4, 0.5) is 0 Å². The average Bonchev–Trinajstić information content (AvgIpc) is 2.45. The lowest BCUT2D eigenvalue weighted by molar-refractivity contribution is 0.434. The molecule has 0 aromatic rings. The first-order chi connectivity index (χ1) is 4.40. The van der Waals surface area contributed by atoms with Gasteiger partial charge in [-0.3, -0.25) is 0 Å². The molecule has 2 bridgehead atoms. The minimum atomic E-state index is 0.972. The molecule has 0 heterocycles. The molecule has 0 aliphatic heterocycles. The summed E-state index contributed by atoms with van der Waals surface area (Å²) in [6.07, 6.45) is 9.20. The molecule has 0 radical (unpaired) electrons. The summed E-state index contributed by atoms with van der Waals surface area (Å²) in [5, 5.41) is 0. The second-order valence-corrected chi connectivity index (χ2v) is 3.45. The largest absolute Gasteiger partial charge is 0.0851 e. The lowest BCUT2D eigenvalue weighted by Crippen LogP contribution is -2.04. The zero-order valence-corrected chi connectivity index (χ0v) is 6.01. The standard InChI is InChI=1S/C9H14/c1-2-8-5-7-3-4-9(8)6-7/h3-4,7-9H,2,5-6H2,1H3/t7-,8-,9-/m0/s1. The van der Waals surface area contributed by atoms with Crippen molar-refractivity contribution in [3.8, 4) is 0 Å². The van der Waals surface area contributed by atoms with Crippen molar-refractivity contribution in [3.63, 3.8) is 0 Å². The minimum Gasteiger partial charge on any atom is -0.0851 e. The van der Waals surface area contributed by atoms with E-state index in [2.05, 4.69) is 19.1 Å². The molecule has 50 valence electrons. The lowest BCUT2D eigenvalue weighted by atomic mass is 9.91. The maximum atomic E-state index is 2.43. The zero-order chi connectivity index (χ0) is 6.27. The van der Waals surface area contributed by atoms with Gasteiger partial charge in [-0.15, -0.1) is 0 Å². The Labute approximate surface area is 57.0 Å². The Balaban J connectivity index is 2.10. The van der Waals surface area contributed by atoms with E-state index in [0.29, 0.717) is 0 Å². The third-order valence-electron chi connectivity index (χ3n) is 2.94. The third-order valence-corrected chi connectivity index (χ3v) is 2.94. The van der Waals surface area contributed by atoms with Crippen LogP contribution in [0.25, 0.3) is 0 Å². The molecule has 2 rings (SSSR count). The monoisotopic (exact) mass is 122 g/mol. The predicted octanol–water partition coefficient (Wildman–Crippen LogP) is 2.61.